The molecule has 2 aromatic carbocycles. The number of amides is 1. The number of hydrogen-bond donors (Lipinski definition) is 3. The summed E-state index contributed by atoms with van der Waals surface area (Å²) in [6.07, 6.45) is 4.51. The van der Waals surface area contributed by atoms with E-state index in [0.29, 0.717) is 29.5 Å². The number of benzene rings is 2. The quantitative estimate of drug-likeness (QED) is 0.178. The second-order valence-corrected chi connectivity index (χ2v) is 10.3. The number of imidazole rings is 1. The van der Waals surface area contributed by atoms with E-state index in [0.717, 1.165) is 29.7 Å². The van der Waals surface area contributed by atoms with Gasteiger partial charge in [-0.2, -0.15) is 0 Å². The normalized spacial score (nSPS) is 11.3. The van der Waals surface area contributed by atoms with E-state index < -0.39 is 10.7 Å². The van der Waals surface area contributed by atoms with Crippen molar-refractivity contribution in [3.05, 3.63) is 54.4 Å². The summed E-state index contributed by atoms with van der Waals surface area (Å²) in [7, 11) is 1.47. The van der Waals surface area contributed by atoms with E-state index in [4.69, 9.17) is 4.74 Å². The van der Waals surface area contributed by atoms with Crippen LogP contribution in [0.4, 0.5) is 5.69 Å². The molecule has 3 aromatic rings. The van der Waals surface area contributed by atoms with Crippen molar-refractivity contribution in [1.29, 1.82) is 0 Å². The molecule has 0 unspecified atom stereocenters. The monoisotopic (exact) mass is 497 g/mol. The third-order valence-corrected chi connectivity index (χ3v) is 6.70. The number of rotatable bonds is 11. The summed E-state index contributed by atoms with van der Waals surface area (Å²) in [5.74, 6) is -0.148. The molecule has 0 fully saturated rings. The van der Waals surface area contributed by atoms with Crippen LogP contribution in [0.3, 0.4) is 0 Å². The third kappa shape index (κ3) is 6.36. The van der Waals surface area contributed by atoms with Gasteiger partial charge in [-0.05, 0) is 44.5 Å². The SMILES string of the molecule is CCCCCn1c(C(=O)Nc2ccc(O)cc2OC)cnc1-c1ccc(SC(C)(C)C(=O)O)cc1. The van der Waals surface area contributed by atoms with Crippen LogP contribution in [0.2, 0.25) is 0 Å². The lowest BCUT2D eigenvalue weighted by Crippen LogP contribution is -2.26. The first kappa shape index (κ1) is 26.2. The number of methoxy groups -OCH3 is 1. The summed E-state index contributed by atoms with van der Waals surface area (Å²) in [4.78, 5) is 30.0. The molecule has 8 nitrogen and oxygen atoms in total. The second kappa shape index (κ2) is 11.3. The smallest absolute Gasteiger partial charge is 0.319 e. The number of carboxylic acids is 1. The predicted octanol–water partition coefficient (Wildman–Crippen LogP) is 5.66. The number of hydrogen-bond acceptors (Lipinski definition) is 6. The number of aliphatic carboxylic acids is 1. The maximum Gasteiger partial charge on any atom is 0.319 e. The van der Waals surface area contributed by atoms with Crippen molar-refractivity contribution in [3.8, 4) is 22.9 Å². The Morgan fingerprint density at radius 1 is 1.14 bits per heavy atom. The van der Waals surface area contributed by atoms with Crippen LogP contribution >= 0.6 is 11.8 Å². The molecule has 0 aliphatic carbocycles. The number of nitrogens with one attached hydrogen (secondary N) is 1. The molecular formula is C26H31N3O5S. The first-order valence-corrected chi connectivity index (χ1v) is 12.2. The molecule has 35 heavy (non-hydrogen) atoms. The molecule has 1 heterocycles. The molecule has 186 valence electrons. The maximum atomic E-state index is 13.2. The van der Waals surface area contributed by atoms with Crippen LogP contribution in [0.5, 0.6) is 11.5 Å². The molecule has 1 aromatic heterocycles. The second-order valence-electron chi connectivity index (χ2n) is 8.61. The van der Waals surface area contributed by atoms with Gasteiger partial charge in [-0.3, -0.25) is 9.59 Å². The minimum Gasteiger partial charge on any atom is -0.508 e. The van der Waals surface area contributed by atoms with Gasteiger partial charge < -0.3 is 24.8 Å². The van der Waals surface area contributed by atoms with E-state index in [-0.39, 0.29) is 11.7 Å². The summed E-state index contributed by atoms with van der Waals surface area (Å²) < 4.78 is 6.23. The highest BCUT2D eigenvalue weighted by atomic mass is 32.2. The topological polar surface area (TPSA) is 114 Å². The van der Waals surface area contributed by atoms with Crippen molar-refractivity contribution in [2.45, 2.75) is 56.2 Å². The summed E-state index contributed by atoms with van der Waals surface area (Å²) in [6.45, 7) is 6.08. The Kier molecular flexibility index (Phi) is 8.45. The summed E-state index contributed by atoms with van der Waals surface area (Å²) in [5, 5.41) is 21.9. The fourth-order valence-corrected chi connectivity index (χ4v) is 4.46. The lowest BCUT2D eigenvalue weighted by atomic mass is 10.2. The number of phenolic OH excluding ortho intramolecular Hbond substituents is 1. The number of anilines is 1. The zero-order valence-electron chi connectivity index (χ0n) is 20.4. The number of carbonyl (C=O) groups is 2. The van der Waals surface area contributed by atoms with E-state index in [9.17, 15) is 19.8 Å². The summed E-state index contributed by atoms with van der Waals surface area (Å²) in [5.41, 5.74) is 1.69. The van der Waals surface area contributed by atoms with Gasteiger partial charge in [0.2, 0.25) is 0 Å². The Morgan fingerprint density at radius 2 is 1.86 bits per heavy atom. The number of aromatic nitrogens is 2. The van der Waals surface area contributed by atoms with Crippen LogP contribution in [0, 0.1) is 0 Å². The molecule has 0 aliphatic heterocycles. The molecular weight excluding hydrogens is 466 g/mol. The predicted molar refractivity (Wildman–Crippen MR) is 137 cm³/mol. The van der Waals surface area contributed by atoms with Crippen molar-refractivity contribution in [2.24, 2.45) is 0 Å². The first-order valence-electron chi connectivity index (χ1n) is 11.4. The highest BCUT2D eigenvalue weighted by Gasteiger charge is 2.28. The van der Waals surface area contributed by atoms with Gasteiger partial charge in [-0.1, -0.05) is 31.9 Å². The van der Waals surface area contributed by atoms with Gasteiger partial charge in [0, 0.05) is 23.1 Å². The fourth-order valence-electron chi connectivity index (χ4n) is 3.51. The zero-order chi connectivity index (χ0) is 25.6. The maximum absolute atomic E-state index is 13.2. The Labute approximate surface area is 209 Å². The van der Waals surface area contributed by atoms with Crippen molar-refractivity contribution in [1.82, 2.24) is 9.55 Å². The number of phenols is 1. The molecule has 0 bridgehead atoms. The van der Waals surface area contributed by atoms with Gasteiger partial charge in [0.05, 0.1) is 19.0 Å². The Balaban J connectivity index is 1.90. The highest BCUT2D eigenvalue weighted by Crippen LogP contribution is 2.34. The van der Waals surface area contributed by atoms with Crippen LogP contribution in [0.1, 0.15) is 50.5 Å². The zero-order valence-corrected chi connectivity index (χ0v) is 21.2. The molecule has 0 spiro atoms. The minimum absolute atomic E-state index is 0.0418. The minimum atomic E-state index is -0.944. The number of carboxylic acid groups (broad SMARTS) is 1. The van der Waals surface area contributed by atoms with Gasteiger partial charge in [-0.15, -0.1) is 11.8 Å². The number of unbranched alkanes of at least 4 members (excludes halogenated alkanes) is 2. The Hall–Kier alpha value is -3.46. The highest BCUT2D eigenvalue weighted by molar-refractivity contribution is 8.01. The molecule has 0 atom stereocenters. The molecule has 0 saturated carbocycles. The summed E-state index contributed by atoms with van der Waals surface area (Å²) in [6, 6.07) is 12.0. The van der Waals surface area contributed by atoms with Gasteiger partial charge in [0.15, 0.2) is 0 Å². The molecule has 0 saturated heterocycles. The Morgan fingerprint density at radius 3 is 2.49 bits per heavy atom. The number of nitrogens with zero attached hydrogens (tertiary/aromatic N) is 2. The molecule has 3 rings (SSSR count). The van der Waals surface area contributed by atoms with Crippen molar-refractivity contribution >= 4 is 29.3 Å². The molecule has 9 heteroatoms. The van der Waals surface area contributed by atoms with E-state index in [1.54, 1.807) is 26.1 Å². The van der Waals surface area contributed by atoms with E-state index in [1.807, 2.05) is 28.8 Å². The average molecular weight is 498 g/mol. The van der Waals surface area contributed by atoms with Gasteiger partial charge >= 0.3 is 5.97 Å². The van der Waals surface area contributed by atoms with E-state index in [1.165, 1.54) is 31.0 Å². The van der Waals surface area contributed by atoms with Crippen molar-refractivity contribution in [3.63, 3.8) is 0 Å². The molecule has 1 amide bonds. The number of thioether (sulfide) groups is 1. The fraction of sp³-hybridized carbons (Fsp3) is 0.346. The van der Waals surface area contributed by atoms with Crippen LogP contribution in [-0.4, -0.2) is 43.5 Å². The lowest BCUT2D eigenvalue weighted by Gasteiger charge is -2.18. The number of aromatic hydroxyl groups is 1. The van der Waals surface area contributed by atoms with Crippen molar-refractivity contribution < 1.29 is 24.5 Å². The van der Waals surface area contributed by atoms with Gasteiger partial charge in [-0.25, -0.2) is 4.98 Å². The van der Waals surface area contributed by atoms with Gasteiger partial charge in [0.1, 0.15) is 27.8 Å². The lowest BCUT2D eigenvalue weighted by molar-refractivity contribution is -0.138. The van der Waals surface area contributed by atoms with E-state index in [2.05, 4.69) is 17.2 Å². The molecule has 3 N–H and O–H groups in total. The molecule has 0 aliphatic rings. The molecule has 0 radical (unpaired) electrons. The number of ether oxygens (including phenoxy) is 1. The largest absolute Gasteiger partial charge is 0.508 e. The van der Waals surface area contributed by atoms with Crippen LogP contribution in [0.25, 0.3) is 11.4 Å². The van der Waals surface area contributed by atoms with Crippen LogP contribution < -0.4 is 10.1 Å². The van der Waals surface area contributed by atoms with Crippen LogP contribution in [0.15, 0.2) is 53.6 Å². The first-order chi connectivity index (χ1) is 16.7. The third-order valence-electron chi connectivity index (χ3n) is 5.51. The average Bonchev–Trinajstić information content (AvgIpc) is 3.24. The van der Waals surface area contributed by atoms with Crippen LogP contribution in [-0.2, 0) is 11.3 Å². The van der Waals surface area contributed by atoms with Gasteiger partial charge in [0.25, 0.3) is 5.91 Å². The summed E-state index contributed by atoms with van der Waals surface area (Å²) >= 11 is 1.27. The number of carbonyl (C=O) groups excluding carboxylic acids is 1. The Bertz CT molecular complexity index is 1190. The van der Waals surface area contributed by atoms with Crippen molar-refractivity contribution in [2.75, 3.05) is 12.4 Å². The standard InChI is InChI=1S/C26H31N3O5S/c1-5-6-7-14-29-21(24(31)28-20-13-10-18(30)15-22(20)34-4)16-27-23(29)17-8-11-19(12-9-17)35-26(2,3)25(32)33/h8-13,15-16,30H,5-7,14H2,1-4H3,(H,28,31)(H,32,33). The van der Waals surface area contributed by atoms with E-state index >= 15 is 0 Å².